The van der Waals surface area contributed by atoms with E-state index in [1.54, 1.807) is 0 Å². The van der Waals surface area contributed by atoms with E-state index >= 15 is 0 Å². The highest BCUT2D eigenvalue weighted by molar-refractivity contribution is 5.73. The van der Waals surface area contributed by atoms with Crippen LogP contribution in [0.3, 0.4) is 0 Å². The van der Waals surface area contributed by atoms with E-state index in [4.69, 9.17) is 4.74 Å². The minimum atomic E-state index is -0.116. The van der Waals surface area contributed by atoms with Crippen molar-refractivity contribution in [1.82, 2.24) is 14.7 Å². The van der Waals surface area contributed by atoms with Crippen molar-refractivity contribution in [3.05, 3.63) is 28.8 Å². The lowest BCUT2D eigenvalue weighted by Gasteiger charge is -2.24. The minimum absolute atomic E-state index is 0.116. The van der Waals surface area contributed by atoms with Crippen LogP contribution in [0, 0.1) is 5.92 Å². The Morgan fingerprint density at radius 3 is 1.93 bits per heavy atom. The second-order valence-electron chi connectivity index (χ2n) is 9.71. The van der Waals surface area contributed by atoms with E-state index in [1.807, 2.05) is 6.07 Å². The Morgan fingerprint density at radius 2 is 1.37 bits per heavy atom. The molecule has 0 saturated heterocycles. The number of nitrogens with zero attached hydrogens (tertiary/aromatic N) is 3. The second kappa shape index (κ2) is 13.8. The summed E-state index contributed by atoms with van der Waals surface area (Å²) in [5.74, 6) is 1.36. The number of esters is 1. The lowest BCUT2D eigenvalue weighted by atomic mass is 9.98. The van der Waals surface area contributed by atoms with Crippen molar-refractivity contribution in [3.63, 3.8) is 0 Å². The van der Waals surface area contributed by atoms with Gasteiger partial charge in [0, 0.05) is 31.6 Å². The van der Waals surface area contributed by atoms with Crippen LogP contribution in [0.5, 0.6) is 5.75 Å². The van der Waals surface area contributed by atoms with Gasteiger partial charge in [-0.05, 0) is 71.8 Å². The van der Waals surface area contributed by atoms with Crippen molar-refractivity contribution in [2.45, 2.75) is 72.0 Å². The zero-order chi connectivity index (χ0) is 22.7. The van der Waals surface area contributed by atoms with Gasteiger partial charge in [0.25, 0.3) is 0 Å². The molecule has 0 aliphatic carbocycles. The molecule has 172 valence electrons. The van der Waals surface area contributed by atoms with Crippen LogP contribution in [0.25, 0.3) is 0 Å². The first-order chi connectivity index (χ1) is 14.1. The summed E-state index contributed by atoms with van der Waals surface area (Å²) in [5, 5.41) is 0. The average Bonchev–Trinajstić information content (AvgIpc) is 2.61. The highest BCUT2D eigenvalue weighted by atomic mass is 16.5. The molecule has 0 aromatic heterocycles. The van der Waals surface area contributed by atoms with Crippen molar-refractivity contribution in [2.75, 3.05) is 42.3 Å². The number of rotatable bonds is 14. The van der Waals surface area contributed by atoms with Gasteiger partial charge < -0.3 is 19.4 Å². The molecule has 5 nitrogen and oxygen atoms in total. The molecule has 0 atom stereocenters. The molecule has 1 aromatic rings. The molecule has 0 spiro atoms. The van der Waals surface area contributed by atoms with Crippen molar-refractivity contribution < 1.29 is 9.53 Å². The first-order valence-electron chi connectivity index (χ1n) is 11.4. The normalized spacial score (nSPS) is 11.9. The largest absolute Gasteiger partial charge is 0.426 e. The zero-order valence-corrected chi connectivity index (χ0v) is 20.8. The number of benzene rings is 1. The molecule has 0 radical (unpaired) electrons. The molecule has 0 fully saturated rings. The van der Waals surface area contributed by atoms with Gasteiger partial charge in [-0.1, -0.05) is 45.6 Å². The van der Waals surface area contributed by atoms with Crippen molar-refractivity contribution in [1.29, 1.82) is 0 Å². The Labute approximate surface area is 185 Å². The molecule has 0 aliphatic heterocycles. The first kappa shape index (κ1) is 26.6. The van der Waals surface area contributed by atoms with Gasteiger partial charge in [0.15, 0.2) is 0 Å². The quantitative estimate of drug-likeness (QED) is 0.246. The number of hydrogen-bond acceptors (Lipinski definition) is 5. The van der Waals surface area contributed by atoms with Crippen LogP contribution < -0.4 is 4.74 Å². The highest BCUT2D eigenvalue weighted by Crippen LogP contribution is 2.29. The third-order valence-corrected chi connectivity index (χ3v) is 5.06. The van der Waals surface area contributed by atoms with Crippen LogP contribution in [0.1, 0.15) is 69.1 Å². The maximum Gasteiger partial charge on any atom is 0.311 e. The van der Waals surface area contributed by atoms with Gasteiger partial charge in [0.1, 0.15) is 5.75 Å². The molecule has 30 heavy (non-hydrogen) atoms. The smallest absolute Gasteiger partial charge is 0.311 e. The van der Waals surface area contributed by atoms with E-state index in [0.29, 0.717) is 12.2 Å². The summed E-state index contributed by atoms with van der Waals surface area (Å²) in [6.07, 6.45) is 6.21. The fraction of sp³-hybridized carbons (Fsp3) is 0.720. The lowest BCUT2D eigenvalue weighted by molar-refractivity contribution is -0.134. The van der Waals surface area contributed by atoms with Crippen LogP contribution >= 0.6 is 0 Å². The van der Waals surface area contributed by atoms with Crippen LogP contribution in [0.2, 0.25) is 0 Å². The Morgan fingerprint density at radius 1 is 0.800 bits per heavy atom. The van der Waals surface area contributed by atoms with Crippen LogP contribution in [-0.2, 0) is 24.4 Å². The number of ether oxygens (including phenoxy) is 1. The van der Waals surface area contributed by atoms with E-state index in [9.17, 15) is 4.79 Å². The summed E-state index contributed by atoms with van der Waals surface area (Å²) in [4.78, 5) is 19.0. The van der Waals surface area contributed by atoms with Gasteiger partial charge in [-0.15, -0.1) is 0 Å². The van der Waals surface area contributed by atoms with Gasteiger partial charge in [0.2, 0.25) is 0 Å². The molecule has 5 heteroatoms. The average molecular weight is 420 g/mol. The summed E-state index contributed by atoms with van der Waals surface area (Å²) in [6.45, 7) is 6.97. The Balaban J connectivity index is 2.89. The number of hydrogen-bond donors (Lipinski definition) is 0. The van der Waals surface area contributed by atoms with Gasteiger partial charge in [-0.25, -0.2) is 0 Å². The fourth-order valence-electron chi connectivity index (χ4n) is 3.66. The predicted molar refractivity (Wildman–Crippen MR) is 127 cm³/mol. The van der Waals surface area contributed by atoms with Gasteiger partial charge in [-0.3, -0.25) is 4.79 Å². The van der Waals surface area contributed by atoms with Crippen LogP contribution in [0.15, 0.2) is 12.1 Å². The fourth-order valence-corrected chi connectivity index (χ4v) is 3.66. The standard InChI is InChI=1S/C25H45N3O2/c1-20(2)13-11-9-10-12-14-25(29)30-24-16-15-21(17-26(3)4)22(18-27(5)6)23(24)19-28(7)8/h15-16,20H,9-14,17-19H2,1-8H3. The monoisotopic (exact) mass is 419 g/mol. The molecule has 0 heterocycles. The molecule has 0 bridgehead atoms. The molecule has 0 amide bonds. The maximum absolute atomic E-state index is 12.5. The Bertz CT molecular complexity index is 640. The molecule has 0 unspecified atom stereocenters. The van der Waals surface area contributed by atoms with E-state index in [2.05, 4.69) is 76.9 Å². The van der Waals surface area contributed by atoms with Crippen LogP contribution in [-0.4, -0.2) is 63.0 Å². The van der Waals surface area contributed by atoms with Gasteiger partial charge >= 0.3 is 5.97 Å². The lowest BCUT2D eigenvalue weighted by Crippen LogP contribution is -2.22. The van der Waals surface area contributed by atoms with Crippen LogP contribution in [0.4, 0.5) is 0 Å². The molecular formula is C25H45N3O2. The topological polar surface area (TPSA) is 36.0 Å². The first-order valence-corrected chi connectivity index (χ1v) is 11.4. The second-order valence-corrected chi connectivity index (χ2v) is 9.71. The molecule has 0 saturated carbocycles. The minimum Gasteiger partial charge on any atom is -0.426 e. The molecule has 0 N–H and O–H groups in total. The Kier molecular flexibility index (Phi) is 12.2. The third kappa shape index (κ3) is 10.6. The van der Waals surface area contributed by atoms with Crippen molar-refractivity contribution in [2.24, 2.45) is 5.92 Å². The molecule has 1 aromatic carbocycles. The Hall–Kier alpha value is -1.43. The number of carbonyl (C=O) groups is 1. The van der Waals surface area contributed by atoms with Crippen molar-refractivity contribution in [3.8, 4) is 5.75 Å². The molecular weight excluding hydrogens is 374 g/mol. The summed E-state index contributed by atoms with van der Waals surface area (Å²) in [6, 6.07) is 4.10. The zero-order valence-electron chi connectivity index (χ0n) is 20.8. The summed E-state index contributed by atoms with van der Waals surface area (Å²) in [7, 11) is 12.4. The van der Waals surface area contributed by atoms with E-state index in [1.165, 1.54) is 30.4 Å². The number of carbonyl (C=O) groups excluding carboxylic acids is 1. The van der Waals surface area contributed by atoms with Gasteiger partial charge in [-0.2, -0.15) is 0 Å². The van der Waals surface area contributed by atoms with E-state index in [0.717, 1.165) is 44.0 Å². The SMILES string of the molecule is CC(C)CCCCCCC(=O)Oc1ccc(CN(C)C)c(CN(C)C)c1CN(C)C. The number of unbranched alkanes of at least 4 members (excludes halogenated alkanes) is 3. The predicted octanol–water partition coefficient (Wildman–Crippen LogP) is 4.77. The highest BCUT2D eigenvalue weighted by Gasteiger charge is 2.18. The van der Waals surface area contributed by atoms with Crippen molar-refractivity contribution >= 4 is 5.97 Å². The summed E-state index contributed by atoms with van der Waals surface area (Å²) < 4.78 is 5.88. The molecule has 0 aliphatic rings. The van der Waals surface area contributed by atoms with E-state index in [-0.39, 0.29) is 5.97 Å². The summed E-state index contributed by atoms with van der Waals surface area (Å²) >= 11 is 0. The maximum atomic E-state index is 12.5. The van der Waals surface area contributed by atoms with E-state index < -0.39 is 0 Å². The third-order valence-electron chi connectivity index (χ3n) is 5.06. The molecule has 1 rings (SSSR count). The summed E-state index contributed by atoms with van der Waals surface area (Å²) in [5.41, 5.74) is 3.68. The van der Waals surface area contributed by atoms with Gasteiger partial charge in [0.05, 0.1) is 0 Å².